The van der Waals surface area contributed by atoms with Crippen molar-refractivity contribution < 1.29 is 0 Å². The normalized spacial score (nSPS) is 30.6. The first-order valence-corrected chi connectivity index (χ1v) is 6.88. The maximum Gasteiger partial charge on any atom is 0.0119 e. The van der Waals surface area contributed by atoms with Crippen LogP contribution in [0.3, 0.4) is 0 Å². The number of hydrogen-bond acceptors (Lipinski definition) is 3. The molecule has 2 fully saturated rings. The molecule has 1 atom stereocenters. The maximum atomic E-state index is 3.51. The highest BCUT2D eigenvalue weighted by atomic mass is 15.2. The summed E-state index contributed by atoms with van der Waals surface area (Å²) in [5.41, 5.74) is 0. The summed E-state index contributed by atoms with van der Waals surface area (Å²) in [6.45, 7) is 4.99. The van der Waals surface area contributed by atoms with Crippen LogP contribution < -0.4 is 5.32 Å². The van der Waals surface area contributed by atoms with E-state index in [4.69, 9.17) is 0 Å². The number of piperidine rings is 1. The number of nitrogens with one attached hydrogen (secondary N) is 1. The predicted molar refractivity (Wildman–Crippen MR) is 68.8 cm³/mol. The second-order valence-electron chi connectivity index (χ2n) is 5.53. The zero-order valence-corrected chi connectivity index (χ0v) is 10.9. The lowest BCUT2D eigenvalue weighted by atomic mass is 9.99. The molecule has 0 amide bonds. The largest absolute Gasteiger partial charge is 0.317 e. The molecule has 0 aliphatic carbocycles. The van der Waals surface area contributed by atoms with Crippen molar-refractivity contribution in [3.8, 4) is 0 Å². The molecule has 0 aromatic rings. The molecule has 2 saturated heterocycles. The average molecular weight is 225 g/mol. The molecule has 3 heteroatoms. The van der Waals surface area contributed by atoms with Gasteiger partial charge in [-0.05, 0) is 72.4 Å². The first-order chi connectivity index (χ1) is 7.77. The molecule has 1 unspecified atom stereocenters. The van der Waals surface area contributed by atoms with Crippen molar-refractivity contribution in [1.29, 1.82) is 0 Å². The smallest absolute Gasteiger partial charge is 0.0119 e. The summed E-state index contributed by atoms with van der Waals surface area (Å²) in [5.74, 6) is 0. The van der Waals surface area contributed by atoms with Gasteiger partial charge in [0.25, 0.3) is 0 Å². The van der Waals surface area contributed by atoms with E-state index >= 15 is 0 Å². The summed E-state index contributed by atoms with van der Waals surface area (Å²) in [5, 5.41) is 3.51. The van der Waals surface area contributed by atoms with Crippen LogP contribution >= 0.6 is 0 Å². The van der Waals surface area contributed by atoms with Gasteiger partial charge in [-0.2, -0.15) is 0 Å². The van der Waals surface area contributed by atoms with E-state index in [1.165, 1.54) is 58.3 Å². The van der Waals surface area contributed by atoms with Crippen LogP contribution in [-0.2, 0) is 0 Å². The molecule has 0 spiro atoms. The fourth-order valence-corrected chi connectivity index (χ4v) is 3.11. The molecular formula is C13H27N3. The Bertz CT molecular complexity index is 191. The molecular weight excluding hydrogens is 198 g/mol. The third kappa shape index (κ3) is 3.19. The van der Waals surface area contributed by atoms with E-state index in [0.29, 0.717) is 0 Å². The second-order valence-corrected chi connectivity index (χ2v) is 5.53. The fourth-order valence-electron chi connectivity index (χ4n) is 3.11. The quantitative estimate of drug-likeness (QED) is 0.761. The molecule has 0 saturated carbocycles. The van der Waals surface area contributed by atoms with Crippen molar-refractivity contribution in [2.45, 2.75) is 44.2 Å². The zero-order valence-electron chi connectivity index (χ0n) is 10.9. The van der Waals surface area contributed by atoms with Gasteiger partial charge in [-0.3, -0.25) is 0 Å². The topological polar surface area (TPSA) is 18.5 Å². The van der Waals surface area contributed by atoms with Crippen molar-refractivity contribution in [2.75, 3.05) is 40.3 Å². The predicted octanol–water partition coefficient (Wildman–Crippen LogP) is 1.15. The van der Waals surface area contributed by atoms with Crippen LogP contribution in [0.2, 0.25) is 0 Å². The van der Waals surface area contributed by atoms with Crippen LogP contribution in [0, 0.1) is 0 Å². The Morgan fingerprint density at radius 1 is 1.00 bits per heavy atom. The summed E-state index contributed by atoms with van der Waals surface area (Å²) in [6, 6.07) is 1.66. The molecule has 2 rings (SSSR count). The number of hydrogen-bond donors (Lipinski definition) is 1. The van der Waals surface area contributed by atoms with Crippen LogP contribution in [0.4, 0.5) is 0 Å². The second kappa shape index (κ2) is 5.99. The van der Waals surface area contributed by atoms with Crippen LogP contribution in [0.1, 0.15) is 32.1 Å². The Balaban J connectivity index is 1.83. The van der Waals surface area contributed by atoms with Gasteiger partial charge in [0, 0.05) is 12.1 Å². The molecule has 0 aromatic carbocycles. The molecule has 0 bridgehead atoms. The molecule has 16 heavy (non-hydrogen) atoms. The number of nitrogens with zero attached hydrogens (tertiary/aromatic N) is 2. The zero-order chi connectivity index (χ0) is 11.4. The first-order valence-electron chi connectivity index (χ1n) is 6.88. The first kappa shape index (κ1) is 12.3. The summed E-state index contributed by atoms with van der Waals surface area (Å²) in [4.78, 5) is 5.14. The van der Waals surface area contributed by atoms with Crippen molar-refractivity contribution in [3.05, 3.63) is 0 Å². The van der Waals surface area contributed by atoms with Gasteiger partial charge in [0.15, 0.2) is 0 Å². The van der Waals surface area contributed by atoms with E-state index in [0.717, 1.165) is 12.1 Å². The lowest BCUT2D eigenvalue weighted by Gasteiger charge is -2.39. The Kier molecular flexibility index (Phi) is 4.62. The molecule has 0 aromatic heterocycles. The Morgan fingerprint density at radius 3 is 2.44 bits per heavy atom. The van der Waals surface area contributed by atoms with E-state index in [1.54, 1.807) is 0 Å². The van der Waals surface area contributed by atoms with Gasteiger partial charge in [-0.15, -0.1) is 0 Å². The standard InChI is InChI=1S/C13H27N3/c1-15-10-6-13(7-11-15)16(2)12-4-3-8-14-9-5-12/h12-14H,3-11H2,1-2H3. The van der Waals surface area contributed by atoms with Crippen molar-refractivity contribution >= 4 is 0 Å². The van der Waals surface area contributed by atoms with E-state index in [-0.39, 0.29) is 0 Å². The average Bonchev–Trinajstić information content (AvgIpc) is 2.57. The van der Waals surface area contributed by atoms with E-state index < -0.39 is 0 Å². The van der Waals surface area contributed by atoms with Crippen LogP contribution in [-0.4, -0.2) is 62.2 Å². The minimum absolute atomic E-state index is 0.823. The van der Waals surface area contributed by atoms with Gasteiger partial charge in [-0.25, -0.2) is 0 Å². The van der Waals surface area contributed by atoms with Gasteiger partial charge in [0.1, 0.15) is 0 Å². The van der Waals surface area contributed by atoms with Gasteiger partial charge < -0.3 is 15.1 Å². The number of likely N-dealkylation sites (tertiary alicyclic amines) is 1. The summed E-state index contributed by atoms with van der Waals surface area (Å²) in [6.07, 6.45) is 6.79. The van der Waals surface area contributed by atoms with Gasteiger partial charge in [0.05, 0.1) is 0 Å². The fraction of sp³-hybridized carbons (Fsp3) is 1.00. The summed E-state index contributed by atoms with van der Waals surface area (Å²) in [7, 11) is 4.60. The molecule has 1 N–H and O–H groups in total. The van der Waals surface area contributed by atoms with E-state index in [9.17, 15) is 0 Å². The highest BCUT2D eigenvalue weighted by Crippen LogP contribution is 2.20. The third-order valence-electron chi connectivity index (χ3n) is 4.39. The highest BCUT2D eigenvalue weighted by molar-refractivity contribution is 4.83. The Morgan fingerprint density at radius 2 is 1.69 bits per heavy atom. The van der Waals surface area contributed by atoms with Gasteiger partial charge >= 0.3 is 0 Å². The molecule has 2 aliphatic rings. The Hall–Kier alpha value is -0.120. The SMILES string of the molecule is CN1CCC(N(C)C2CCCNCC2)CC1. The highest BCUT2D eigenvalue weighted by Gasteiger charge is 2.26. The lowest BCUT2D eigenvalue weighted by molar-refractivity contribution is 0.101. The van der Waals surface area contributed by atoms with Crippen molar-refractivity contribution in [3.63, 3.8) is 0 Å². The Labute approximate surface area is 100 Å². The van der Waals surface area contributed by atoms with Crippen molar-refractivity contribution in [2.24, 2.45) is 0 Å². The monoisotopic (exact) mass is 225 g/mol. The minimum atomic E-state index is 0.823. The number of rotatable bonds is 2. The lowest BCUT2D eigenvalue weighted by Crippen LogP contribution is -2.46. The van der Waals surface area contributed by atoms with E-state index in [2.05, 4.69) is 29.2 Å². The minimum Gasteiger partial charge on any atom is -0.317 e. The summed E-state index contributed by atoms with van der Waals surface area (Å²) < 4.78 is 0. The van der Waals surface area contributed by atoms with Crippen molar-refractivity contribution in [1.82, 2.24) is 15.1 Å². The van der Waals surface area contributed by atoms with Crippen LogP contribution in [0.15, 0.2) is 0 Å². The maximum absolute atomic E-state index is 3.51. The van der Waals surface area contributed by atoms with Gasteiger partial charge in [0.2, 0.25) is 0 Å². The molecule has 2 heterocycles. The molecule has 0 radical (unpaired) electrons. The molecule has 3 nitrogen and oxygen atoms in total. The third-order valence-corrected chi connectivity index (χ3v) is 4.39. The molecule has 2 aliphatic heterocycles. The molecule has 94 valence electrons. The van der Waals surface area contributed by atoms with Gasteiger partial charge in [-0.1, -0.05) is 0 Å². The van der Waals surface area contributed by atoms with Crippen LogP contribution in [0.5, 0.6) is 0 Å². The van der Waals surface area contributed by atoms with Crippen LogP contribution in [0.25, 0.3) is 0 Å². The van der Waals surface area contributed by atoms with E-state index in [1.807, 2.05) is 0 Å². The summed E-state index contributed by atoms with van der Waals surface area (Å²) >= 11 is 0.